The zero-order chi connectivity index (χ0) is 18.0. The number of rotatable bonds is 6. The van der Waals surface area contributed by atoms with Crippen molar-refractivity contribution in [3.05, 3.63) is 42.0 Å². The van der Waals surface area contributed by atoms with E-state index in [1.807, 2.05) is 43.3 Å². The van der Waals surface area contributed by atoms with Crippen LogP contribution in [0.5, 0.6) is 5.75 Å². The van der Waals surface area contributed by atoms with E-state index in [4.69, 9.17) is 9.47 Å². The standard InChI is InChI=1S/C20H26O4/c1-6-20(22,19(3,4)18(21)24-7-2)16-10-8-15-13-17(23-5)11-9-14(15)12-16/h8-13,22H,6-7H2,1-5H3/t20-/m0/s1. The van der Waals surface area contributed by atoms with Gasteiger partial charge in [-0.25, -0.2) is 0 Å². The summed E-state index contributed by atoms with van der Waals surface area (Å²) >= 11 is 0. The molecule has 4 nitrogen and oxygen atoms in total. The number of fused-ring (bicyclic) bond motifs is 1. The normalized spacial score (nSPS) is 14.2. The van der Waals surface area contributed by atoms with Crippen molar-refractivity contribution in [2.45, 2.75) is 39.7 Å². The maximum Gasteiger partial charge on any atom is 0.314 e. The lowest BCUT2D eigenvalue weighted by Gasteiger charge is -2.40. The van der Waals surface area contributed by atoms with Crippen LogP contribution in [-0.2, 0) is 15.1 Å². The molecule has 0 amide bonds. The minimum Gasteiger partial charge on any atom is -0.497 e. The first-order chi connectivity index (χ1) is 11.3. The number of aliphatic hydroxyl groups is 1. The molecule has 0 aliphatic carbocycles. The molecule has 0 aliphatic heterocycles. The van der Waals surface area contributed by atoms with Crippen LogP contribution >= 0.6 is 0 Å². The summed E-state index contributed by atoms with van der Waals surface area (Å²) in [6, 6.07) is 11.5. The van der Waals surface area contributed by atoms with Crippen molar-refractivity contribution in [2.75, 3.05) is 13.7 Å². The van der Waals surface area contributed by atoms with Crippen molar-refractivity contribution >= 4 is 16.7 Å². The largest absolute Gasteiger partial charge is 0.497 e. The summed E-state index contributed by atoms with van der Waals surface area (Å²) in [4.78, 5) is 12.4. The SMILES string of the molecule is CCOC(=O)C(C)(C)[C@](O)(CC)c1ccc2cc(OC)ccc2c1. The Labute approximate surface area is 143 Å². The molecule has 0 spiro atoms. The van der Waals surface area contributed by atoms with Crippen LogP contribution in [0.3, 0.4) is 0 Å². The average Bonchev–Trinajstić information content (AvgIpc) is 2.59. The quantitative estimate of drug-likeness (QED) is 0.812. The van der Waals surface area contributed by atoms with Gasteiger partial charge >= 0.3 is 5.97 Å². The zero-order valence-electron chi connectivity index (χ0n) is 15.1. The molecule has 0 fully saturated rings. The highest BCUT2D eigenvalue weighted by atomic mass is 16.5. The van der Waals surface area contributed by atoms with Crippen LogP contribution in [0.15, 0.2) is 36.4 Å². The Hall–Kier alpha value is -2.07. The molecule has 0 heterocycles. The van der Waals surface area contributed by atoms with Crippen molar-refractivity contribution in [3.8, 4) is 5.75 Å². The van der Waals surface area contributed by atoms with E-state index in [-0.39, 0.29) is 0 Å². The summed E-state index contributed by atoms with van der Waals surface area (Å²) in [5, 5.41) is 13.4. The van der Waals surface area contributed by atoms with Crippen LogP contribution in [0, 0.1) is 5.41 Å². The van der Waals surface area contributed by atoms with Gasteiger partial charge in [0, 0.05) is 0 Å². The maximum absolute atomic E-state index is 12.4. The molecule has 2 rings (SSSR count). The van der Waals surface area contributed by atoms with Crippen molar-refractivity contribution in [1.29, 1.82) is 0 Å². The van der Waals surface area contributed by atoms with Crippen LogP contribution in [0.4, 0.5) is 0 Å². The van der Waals surface area contributed by atoms with Crippen molar-refractivity contribution in [3.63, 3.8) is 0 Å². The Morgan fingerprint density at radius 1 is 1.08 bits per heavy atom. The topological polar surface area (TPSA) is 55.8 Å². The van der Waals surface area contributed by atoms with E-state index < -0.39 is 17.0 Å². The summed E-state index contributed by atoms with van der Waals surface area (Å²) in [6.45, 7) is 7.39. The van der Waals surface area contributed by atoms with E-state index >= 15 is 0 Å². The van der Waals surface area contributed by atoms with Gasteiger partial charge in [-0.2, -0.15) is 0 Å². The molecule has 0 aliphatic rings. The molecule has 1 atom stereocenters. The van der Waals surface area contributed by atoms with E-state index in [1.54, 1.807) is 27.9 Å². The molecule has 0 saturated carbocycles. The fourth-order valence-corrected chi connectivity index (χ4v) is 3.10. The van der Waals surface area contributed by atoms with Crippen molar-refractivity contribution < 1.29 is 19.4 Å². The van der Waals surface area contributed by atoms with Gasteiger partial charge in [0.25, 0.3) is 0 Å². The lowest BCUT2D eigenvalue weighted by molar-refractivity contribution is -0.173. The predicted octanol–water partition coefficient (Wildman–Crippen LogP) is 4.04. The summed E-state index contributed by atoms with van der Waals surface area (Å²) in [6.07, 6.45) is 0.403. The summed E-state index contributed by atoms with van der Waals surface area (Å²) < 4.78 is 10.4. The molecule has 0 aromatic heterocycles. The highest BCUT2D eigenvalue weighted by Gasteiger charge is 2.49. The van der Waals surface area contributed by atoms with Gasteiger partial charge in [-0.05, 0) is 61.7 Å². The zero-order valence-corrected chi connectivity index (χ0v) is 15.1. The summed E-state index contributed by atoms with van der Waals surface area (Å²) in [5.41, 5.74) is -1.66. The van der Waals surface area contributed by atoms with Crippen molar-refractivity contribution in [2.24, 2.45) is 5.41 Å². The van der Waals surface area contributed by atoms with Crippen LogP contribution in [0.2, 0.25) is 0 Å². The van der Waals surface area contributed by atoms with Gasteiger partial charge in [0.1, 0.15) is 11.4 Å². The van der Waals surface area contributed by atoms with Gasteiger partial charge in [-0.3, -0.25) is 4.79 Å². The van der Waals surface area contributed by atoms with Crippen LogP contribution in [-0.4, -0.2) is 24.8 Å². The Morgan fingerprint density at radius 2 is 1.71 bits per heavy atom. The monoisotopic (exact) mass is 330 g/mol. The molecule has 0 radical (unpaired) electrons. The molecule has 4 heteroatoms. The molecule has 1 N–H and O–H groups in total. The third-order valence-electron chi connectivity index (χ3n) is 4.86. The Kier molecular flexibility index (Phi) is 5.19. The second-order valence-electron chi connectivity index (χ2n) is 6.49. The lowest BCUT2D eigenvalue weighted by Crippen LogP contribution is -2.47. The van der Waals surface area contributed by atoms with Gasteiger partial charge < -0.3 is 14.6 Å². The molecule has 2 aromatic carbocycles. The minimum atomic E-state index is -1.31. The Morgan fingerprint density at radius 3 is 2.29 bits per heavy atom. The third-order valence-corrected chi connectivity index (χ3v) is 4.86. The molecule has 0 saturated heterocycles. The smallest absolute Gasteiger partial charge is 0.314 e. The number of benzene rings is 2. The minimum absolute atomic E-state index is 0.291. The number of hydrogen-bond acceptors (Lipinski definition) is 4. The van der Waals surface area contributed by atoms with Crippen LogP contribution in [0.25, 0.3) is 10.8 Å². The number of ether oxygens (including phenoxy) is 2. The number of carbonyl (C=O) groups excluding carboxylic acids is 1. The number of esters is 1. The molecule has 130 valence electrons. The highest BCUT2D eigenvalue weighted by molar-refractivity contribution is 5.85. The van der Waals surface area contributed by atoms with E-state index in [2.05, 4.69) is 0 Å². The third kappa shape index (κ3) is 2.98. The van der Waals surface area contributed by atoms with E-state index in [0.717, 1.165) is 16.5 Å². The first-order valence-corrected chi connectivity index (χ1v) is 8.28. The van der Waals surface area contributed by atoms with Gasteiger partial charge in [-0.1, -0.05) is 25.1 Å². The first kappa shape index (κ1) is 18.3. The van der Waals surface area contributed by atoms with Crippen LogP contribution < -0.4 is 4.74 Å². The van der Waals surface area contributed by atoms with Gasteiger partial charge in [0.05, 0.1) is 19.1 Å². The molecular weight excluding hydrogens is 304 g/mol. The van der Waals surface area contributed by atoms with E-state index in [0.29, 0.717) is 18.6 Å². The molecule has 0 unspecified atom stereocenters. The average molecular weight is 330 g/mol. The second-order valence-corrected chi connectivity index (χ2v) is 6.49. The molecule has 24 heavy (non-hydrogen) atoms. The Balaban J connectivity index is 2.53. The van der Waals surface area contributed by atoms with E-state index in [9.17, 15) is 9.90 Å². The van der Waals surface area contributed by atoms with Gasteiger partial charge in [0.15, 0.2) is 0 Å². The fourth-order valence-electron chi connectivity index (χ4n) is 3.10. The fraction of sp³-hybridized carbons (Fsp3) is 0.450. The first-order valence-electron chi connectivity index (χ1n) is 8.28. The summed E-state index contributed by atoms with van der Waals surface area (Å²) in [5.74, 6) is 0.386. The van der Waals surface area contributed by atoms with Gasteiger partial charge in [0.2, 0.25) is 0 Å². The lowest BCUT2D eigenvalue weighted by atomic mass is 9.69. The number of hydrogen-bond donors (Lipinski definition) is 1. The maximum atomic E-state index is 12.4. The van der Waals surface area contributed by atoms with Crippen molar-refractivity contribution in [1.82, 2.24) is 0 Å². The predicted molar refractivity (Wildman–Crippen MR) is 95.1 cm³/mol. The second kappa shape index (κ2) is 6.81. The number of carbonyl (C=O) groups is 1. The van der Waals surface area contributed by atoms with Crippen LogP contribution in [0.1, 0.15) is 39.7 Å². The molecular formula is C20H26O4. The number of methoxy groups -OCH3 is 1. The Bertz CT molecular complexity index is 735. The highest BCUT2D eigenvalue weighted by Crippen LogP contribution is 2.44. The molecule has 2 aromatic rings. The molecule has 0 bridgehead atoms. The van der Waals surface area contributed by atoms with E-state index in [1.165, 1.54) is 0 Å². The summed E-state index contributed by atoms with van der Waals surface area (Å²) in [7, 11) is 1.63. The van der Waals surface area contributed by atoms with Gasteiger partial charge in [-0.15, -0.1) is 0 Å².